The Balaban J connectivity index is 3.24. The molecule has 0 aromatic rings. The minimum Gasteiger partial charge on any atom is -0.378 e. The van der Waals surface area contributed by atoms with Crippen LogP contribution >= 0.6 is 0 Å². The van der Waals surface area contributed by atoms with Gasteiger partial charge in [0.15, 0.2) is 0 Å². The molecule has 0 rings (SSSR count). The number of hydrogen-bond acceptors (Lipinski definition) is 4. The molecule has 0 aliphatic rings. The van der Waals surface area contributed by atoms with Crippen LogP contribution in [0, 0.1) is 0 Å². The summed E-state index contributed by atoms with van der Waals surface area (Å²) in [6, 6.07) is 0. The normalized spacial score (nSPS) is 12.4. The fraction of sp³-hybridized carbons (Fsp3) is 0.700. The van der Waals surface area contributed by atoms with Gasteiger partial charge in [0.25, 0.3) is 0 Å². The highest BCUT2D eigenvalue weighted by molar-refractivity contribution is 5.92. The second-order valence-electron chi connectivity index (χ2n) is 2.88. The van der Waals surface area contributed by atoms with Crippen molar-refractivity contribution in [1.29, 1.82) is 0 Å². The molecule has 0 spiro atoms. The van der Waals surface area contributed by atoms with Crippen molar-refractivity contribution in [2.45, 2.75) is 13.8 Å². The largest absolute Gasteiger partial charge is 0.378 e. The third-order valence-electron chi connectivity index (χ3n) is 1.52. The van der Waals surface area contributed by atoms with Gasteiger partial charge in [-0.2, -0.15) is 5.10 Å². The molecule has 0 heterocycles. The van der Waals surface area contributed by atoms with Gasteiger partial charge in [-0.15, -0.1) is 0 Å². The highest BCUT2D eigenvalue weighted by Crippen LogP contribution is 1.78. The maximum atomic E-state index is 5.30. The lowest BCUT2D eigenvalue weighted by molar-refractivity contribution is 0.139. The van der Waals surface area contributed by atoms with Crippen molar-refractivity contribution in [1.82, 2.24) is 10.7 Å². The van der Waals surface area contributed by atoms with Crippen LogP contribution < -0.4 is 10.7 Å². The third-order valence-corrected chi connectivity index (χ3v) is 1.52. The van der Waals surface area contributed by atoms with Gasteiger partial charge >= 0.3 is 0 Å². The Bertz CT molecular complexity index is 178. The lowest BCUT2D eigenvalue weighted by Crippen LogP contribution is -2.19. The van der Waals surface area contributed by atoms with Crippen molar-refractivity contribution in [3.8, 4) is 0 Å². The highest BCUT2D eigenvalue weighted by Gasteiger charge is 1.86. The molecule has 0 unspecified atom stereocenters. The molecule has 0 radical (unpaired) electrons. The van der Waals surface area contributed by atoms with E-state index >= 15 is 0 Å². The first kappa shape index (κ1) is 13.1. The van der Waals surface area contributed by atoms with Crippen molar-refractivity contribution in [2.75, 3.05) is 33.4 Å². The highest BCUT2D eigenvalue weighted by atomic mass is 16.5. The van der Waals surface area contributed by atoms with Gasteiger partial charge < -0.3 is 15.5 Å². The van der Waals surface area contributed by atoms with Gasteiger partial charge in [-0.05, 0) is 27.0 Å². The Labute approximate surface area is 86.4 Å². The molecule has 0 aliphatic carbocycles. The van der Waals surface area contributed by atoms with Crippen molar-refractivity contribution in [2.24, 2.45) is 5.10 Å². The molecule has 4 heteroatoms. The van der Waals surface area contributed by atoms with Crippen LogP contribution in [0.3, 0.4) is 0 Å². The van der Waals surface area contributed by atoms with Crippen LogP contribution in [0.25, 0.3) is 0 Å². The first-order chi connectivity index (χ1) is 6.81. The van der Waals surface area contributed by atoms with Crippen LogP contribution in [0.1, 0.15) is 13.8 Å². The predicted molar refractivity (Wildman–Crippen MR) is 60.7 cm³/mol. The second kappa shape index (κ2) is 10.2. The number of hydrogen-bond donors (Lipinski definition) is 2. The Morgan fingerprint density at radius 2 is 2.07 bits per heavy atom. The second-order valence-corrected chi connectivity index (χ2v) is 2.88. The molecule has 14 heavy (non-hydrogen) atoms. The van der Waals surface area contributed by atoms with E-state index in [1.807, 2.05) is 33.0 Å². The van der Waals surface area contributed by atoms with E-state index in [-0.39, 0.29) is 0 Å². The Hall–Kier alpha value is -0.870. The maximum absolute atomic E-state index is 5.30. The van der Waals surface area contributed by atoms with Crippen LogP contribution in [0.5, 0.6) is 0 Å². The summed E-state index contributed by atoms with van der Waals surface area (Å²) in [6.07, 6.45) is 3.92. The zero-order chi connectivity index (χ0) is 10.6. The molecule has 0 aliphatic heterocycles. The van der Waals surface area contributed by atoms with Crippen LogP contribution in [0.2, 0.25) is 0 Å². The van der Waals surface area contributed by atoms with E-state index in [1.165, 1.54) is 0 Å². The first-order valence-corrected chi connectivity index (χ1v) is 4.93. The fourth-order valence-electron chi connectivity index (χ4n) is 0.853. The van der Waals surface area contributed by atoms with Gasteiger partial charge in [0.05, 0.1) is 25.5 Å². The summed E-state index contributed by atoms with van der Waals surface area (Å²) >= 11 is 0. The summed E-state index contributed by atoms with van der Waals surface area (Å²) in [5.41, 5.74) is 3.91. The molecule has 0 aromatic carbocycles. The van der Waals surface area contributed by atoms with Gasteiger partial charge in [0, 0.05) is 6.54 Å². The van der Waals surface area contributed by atoms with Crippen LogP contribution in [0.4, 0.5) is 0 Å². The van der Waals surface area contributed by atoms with E-state index in [1.54, 1.807) is 0 Å². The van der Waals surface area contributed by atoms with Crippen molar-refractivity contribution in [3.05, 3.63) is 12.2 Å². The number of nitrogens with zero attached hydrogens (tertiary/aromatic N) is 1. The summed E-state index contributed by atoms with van der Waals surface area (Å²) in [6.45, 7) is 7.00. The molecule has 0 atom stereocenters. The smallest absolute Gasteiger partial charge is 0.0656 e. The molecule has 0 fully saturated rings. The van der Waals surface area contributed by atoms with Crippen molar-refractivity contribution >= 4 is 5.71 Å². The Kier molecular flexibility index (Phi) is 9.58. The lowest BCUT2D eigenvalue weighted by atomic mass is 10.4. The SMILES string of the molecule is C/C=C\C(C)=N/NCCOCCNC. The van der Waals surface area contributed by atoms with Crippen LogP contribution in [-0.4, -0.2) is 39.1 Å². The molecule has 82 valence electrons. The topological polar surface area (TPSA) is 45.7 Å². The lowest BCUT2D eigenvalue weighted by Gasteiger charge is -2.03. The minimum absolute atomic E-state index is 0.689. The van der Waals surface area contributed by atoms with Gasteiger partial charge in [0.2, 0.25) is 0 Å². The summed E-state index contributed by atoms with van der Waals surface area (Å²) in [7, 11) is 1.91. The van der Waals surface area contributed by atoms with E-state index in [9.17, 15) is 0 Å². The number of rotatable bonds is 8. The fourth-order valence-corrected chi connectivity index (χ4v) is 0.853. The number of likely N-dealkylation sites (N-methyl/N-ethyl adjacent to an activating group) is 1. The summed E-state index contributed by atoms with van der Waals surface area (Å²) in [5.74, 6) is 0. The predicted octanol–water partition coefficient (Wildman–Crippen LogP) is 0.764. The van der Waals surface area contributed by atoms with Crippen LogP contribution in [-0.2, 0) is 4.74 Å². The molecule has 4 nitrogen and oxygen atoms in total. The average molecular weight is 199 g/mol. The number of hydrazone groups is 1. The standard InChI is InChI=1S/C10H21N3O/c1-4-5-10(2)13-12-7-9-14-8-6-11-3/h4-5,11-12H,6-9H2,1-3H3/b5-4-,13-10-. The zero-order valence-corrected chi connectivity index (χ0v) is 9.34. The molecule has 0 aromatic heterocycles. The van der Waals surface area contributed by atoms with Gasteiger partial charge in [-0.25, -0.2) is 0 Å². The quantitative estimate of drug-likeness (QED) is 0.345. The monoisotopic (exact) mass is 199 g/mol. The van der Waals surface area contributed by atoms with Crippen LogP contribution in [0.15, 0.2) is 17.3 Å². The minimum atomic E-state index is 0.689. The van der Waals surface area contributed by atoms with E-state index in [2.05, 4.69) is 15.8 Å². The Morgan fingerprint density at radius 1 is 1.36 bits per heavy atom. The molecular weight excluding hydrogens is 178 g/mol. The Morgan fingerprint density at radius 3 is 2.71 bits per heavy atom. The molecular formula is C10H21N3O. The zero-order valence-electron chi connectivity index (χ0n) is 9.34. The van der Waals surface area contributed by atoms with E-state index in [0.29, 0.717) is 6.61 Å². The molecule has 2 N–H and O–H groups in total. The van der Waals surface area contributed by atoms with E-state index in [0.717, 1.165) is 25.4 Å². The van der Waals surface area contributed by atoms with E-state index < -0.39 is 0 Å². The third kappa shape index (κ3) is 9.22. The number of nitrogens with one attached hydrogen (secondary N) is 2. The van der Waals surface area contributed by atoms with Gasteiger partial charge in [-0.3, -0.25) is 0 Å². The molecule has 0 amide bonds. The van der Waals surface area contributed by atoms with Gasteiger partial charge in [0.1, 0.15) is 0 Å². The van der Waals surface area contributed by atoms with Gasteiger partial charge in [-0.1, -0.05) is 6.08 Å². The number of ether oxygens (including phenoxy) is 1. The number of allylic oxidation sites excluding steroid dienone is 2. The van der Waals surface area contributed by atoms with Crippen molar-refractivity contribution in [3.63, 3.8) is 0 Å². The maximum Gasteiger partial charge on any atom is 0.0656 e. The molecule has 0 saturated carbocycles. The summed E-state index contributed by atoms with van der Waals surface area (Å²) < 4.78 is 5.30. The average Bonchev–Trinajstić information content (AvgIpc) is 2.17. The molecule has 0 saturated heterocycles. The summed E-state index contributed by atoms with van der Waals surface area (Å²) in [5, 5.41) is 7.13. The van der Waals surface area contributed by atoms with Crippen molar-refractivity contribution < 1.29 is 4.74 Å². The first-order valence-electron chi connectivity index (χ1n) is 4.93. The summed E-state index contributed by atoms with van der Waals surface area (Å²) in [4.78, 5) is 0. The molecule has 0 bridgehead atoms. The van der Waals surface area contributed by atoms with E-state index in [4.69, 9.17) is 4.74 Å².